The number of unbranched alkanes of at least 4 members (excludes halogenated alkanes) is 2. The van der Waals surface area contributed by atoms with E-state index in [-0.39, 0.29) is 5.41 Å². The highest BCUT2D eigenvalue weighted by atomic mass is 14.3. The lowest BCUT2D eigenvalue weighted by Gasteiger charge is -2.27. The van der Waals surface area contributed by atoms with Gasteiger partial charge in [0, 0.05) is 11.8 Å². The molecular weight excluding hydrogens is 168 g/mol. The Balaban J connectivity index is 4.10. The molecule has 0 aliphatic carbocycles. The highest BCUT2D eigenvalue weighted by Crippen LogP contribution is 2.32. The summed E-state index contributed by atoms with van der Waals surface area (Å²) in [5, 5.41) is 0. The molecule has 0 amide bonds. The lowest BCUT2D eigenvalue weighted by molar-refractivity contribution is 0.271. The predicted octanol–water partition coefficient (Wildman–Crippen LogP) is 4.64. The van der Waals surface area contributed by atoms with Gasteiger partial charge in [-0.3, -0.25) is 0 Å². The van der Waals surface area contributed by atoms with Gasteiger partial charge >= 0.3 is 0 Å². The second kappa shape index (κ2) is 5.44. The third-order valence-electron chi connectivity index (χ3n) is 2.05. The number of hydrogen-bond acceptors (Lipinski definition) is 0. The molecule has 0 fully saturated rings. The predicted molar refractivity (Wildman–Crippen MR) is 65.2 cm³/mol. The van der Waals surface area contributed by atoms with Gasteiger partial charge in [0.15, 0.2) is 0 Å². The lowest BCUT2D eigenvalue weighted by Crippen LogP contribution is -2.18. The quantitative estimate of drug-likeness (QED) is 0.453. The van der Waals surface area contributed by atoms with Gasteiger partial charge in [-0.25, -0.2) is 0 Å². The smallest absolute Gasteiger partial charge is 0.0263 e. The van der Waals surface area contributed by atoms with Gasteiger partial charge in [0.25, 0.3) is 0 Å². The van der Waals surface area contributed by atoms with Gasteiger partial charge in [-0.15, -0.1) is 5.92 Å². The van der Waals surface area contributed by atoms with Crippen LogP contribution in [0.4, 0.5) is 0 Å². The SMILES string of the molecule is CCCCC#CC(C)(C)CC(C)(C)C. The summed E-state index contributed by atoms with van der Waals surface area (Å²) in [6.07, 6.45) is 4.70. The maximum atomic E-state index is 3.40. The Kier molecular flexibility index (Phi) is 5.27. The molecule has 0 unspecified atom stereocenters. The molecule has 0 spiro atoms. The van der Waals surface area contributed by atoms with Gasteiger partial charge in [0.2, 0.25) is 0 Å². The standard InChI is InChI=1S/C14H26/c1-7-8-9-10-11-14(5,6)12-13(2,3)4/h7-9,12H2,1-6H3. The first-order valence-electron chi connectivity index (χ1n) is 5.77. The van der Waals surface area contributed by atoms with E-state index < -0.39 is 0 Å². The van der Waals surface area contributed by atoms with Crippen LogP contribution in [0.1, 0.15) is 67.2 Å². The molecular formula is C14H26. The first kappa shape index (κ1) is 13.6. The maximum Gasteiger partial charge on any atom is 0.0263 e. The first-order chi connectivity index (χ1) is 6.27. The molecule has 14 heavy (non-hydrogen) atoms. The third kappa shape index (κ3) is 8.17. The lowest BCUT2D eigenvalue weighted by atomic mass is 9.77. The molecule has 0 saturated heterocycles. The van der Waals surface area contributed by atoms with Crippen LogP contribution in [-0.2, 0) is 0 Å². The monoisotopic (exact) mass is 194 g/mol. The molecule has 0 nitrogen and oxygen atoms in total. The largest absolute Gasteiger partial charge is 0.103 e. The third-order valence-corrected chi connectivity index (χ3v) is 2.05. The van der Waals surface area contributed by atoms with Gasteiger partial charge in [-0.2, -0.15) is 0 Å². The Morgan fingerprint density at radius 2 is 1.57 bits per heavy atom. The molecule has 0 aromatic carbocycles. The number of rotatable bonds is 3. The Bertz CT molecular complexity index is 204. The van der Waals surface area contributed by atoms with Crippen LogP contribution in [0.2, 0.25) is 0 Å². The van der Waals surface area contributed by atoms with Crippen molar-refractivity contribution in [1.29, 1.82) is 0 Å². The first-order valence-corrected chi connectivity index (χ1v) is 5.77. The van der Waals surface area contributed by atoms with E-state index in [1.165, 1.54) is 19.3 Å². The van der Waals surface area contributed by atoms with E-state index in [9.17, 15) is 0 Å². The van der Waals surface area contributed by atoms with Crippen molar-refractivity contribution >= 4 is 0 Å². The molecule has 82 valence electrons. The fourth-order valence-electron chi connectivity index (χ4n) is 1.94. The molecule has 0 atom stereocenters. The second-order valence-corrected chi connectivity index (χ2v) is 6.03. The van der Waals surface area contributed by atoms with Crippen LogP contribution in [0.3, 0.4) is 0 Å². The molecule has 0 bridgehead atoms. The summed E-state index contributed by atoms with van der Waals surface area (Å²) in [5.74, 6) is 6.70. The minimum absolute atomic E-state index is 0.173. The van der Waals surface area contributed by atoms with E-state index in [0.717, 1.165) is 6.42 Å². The van der Waals surface area contributed by atoms with Crippen molar-refractivity contribution in [3.05, 3.63) is 0 Å². The number of hydrogen-bond donors (Lipinski definition) is 0. The Morgan fingerprint density at radius 1 is 1.00 bits per heavy atom. The van der Waals surface area contributed by atoms with Crippen molar-refractivity contribution in [3.8, 4) is 11.8 Å². The topological polar surface area (TPSA) is 0 Å². The van der Waals surface area contributed by atoms with Gasteiger partial charge < -0.3 is 0 Å². The van der Waals surface area contributed by atoms with Crippen LogP contribution >= 0.6 is 0 Å². The summed E-state index contributed by atoms with van der Waals surface area (Å²) in [6.45, 7) is 13.5. The van der Waals surface area contributed by atoms with E-state index >= 15 is 0 Å². The molecule has 0 rings (SSSR count). The molecule has 0 aromatic rings. The van der Waals surface area contributed by atoms with E-state index in [1.807, 2.05) is 0 Å². The minimum atomic E-state index is 0.173. The van der Waals surface area contributed by atoms with E-state index in [1.54, 1.807) is 0 Å². The summed E-state index contributed by atoms with van der Waals surface area (Å²) in [4.78, 5) is 0. The zero-order valence-electron chi connectivity index (χ0n) is 10.8. The van der Waals surface area contributed by atoms with Crippen molar-refractivity contribution in [1.82, 2.24) is 0 Å². The van der Waals surface area contributed by atoms with Gasteiger partial charge in [0.05, 0.1) is 0 Å². The normalized spacial score (nSPS) is 12.1. The molecule has 0 aromatic heterocycles. The summed E-state index contributed by atoms with van der Waals surface area (Å²) < 4.78 is 0. The van der Waals surface area contributed by atoms with Gasteiger partial charge in [-0.1, -0.05) is 40.0 Å². The fourth-order valence-corrected chi connectivity index (χ4v) is 1.94. The molecule has 0 radical (unpaired) electrons. The van der Waals surface area contributed by atoms with Crippen molar-refractivity contribution in [2.75, 3.05) is 0 Å². The summed E-state index contributed by atoms with van der Waals surface area (Å²) in [6, 6.07) is 0. The van der Waals surface area contributed by atoms with Crippen molar-refractivity contribution in [3.63, 3.8) is 0 Å². The molecule has 0 aliphatic rings. The van der Waals surface area contributed by atoms with Crippen LogP contribution in [0.15, 0.2) is 0 Å². The van der Waals surface area contributed by atoms with Crippen molar-refractivity contribution in [2.24, 2.45) is 10.8 Å². The van der Waals surface area contributed by atoms with Crippen LogP contribution in [-0.4, -0.2) is 0 Å². The average molecular weight is 194 g/mol. The molecule has 0 heteroatoms. The highest BCUT2D eigenvalue weighted by molar-refractivity contribution is 5.09. The minimum Gasteiger partial charge on any atom is -0.103 e. The molecule has 0 heterocycles. The summed E-state index contributed by atoms with van der Waals surface area (Å²) >= 11 is 0. The van der Waals surface area contributed by atoms with Crippen LogP contribution in [0.25, 0.3) is 0 Å². The Hall–Kier alpha value is -0.440. The Labute approximate surface area is 90.5 Å². The van der Waals surface area contributed by atoms with E-state index in [4.69, 9.17) is 0 Å². The maximum absolute atomic E-state index is 3.40. The zero-order chi connectivity index (χ0) is 11.2. The molecule has 0 aliphatic heterocycles. The van der Waals surface area contributed by atoms with Crippen molar-refractivity contribution < 1.29 is 0 Å². The molecule has 0 N–H and O–H groups in total. The van der Waals surface area contributed by atoms with Crippen LogP contribution < -0.4 is 0 Å². The summed E-state index contributed by atoms with van der Waals surface area (Å²) in [5.41, 5.74) is 0.551. The second-order valence-electron chi connectivity index (χ2n) is 6.03. The molecule has 0 saturated carbocycles. The zero-order valence-corrected chi connectivity index (χ0v) is 10.8. The van der Waals surface area contributed by atoms with Crippen LogP contribution in [0.5, 0.6) is 0 Å². The van der Waals surface area contributed by atoms with Gasteiger partial charge in [0.1, 0.15) is 0 Å². The van der Waals surface area contributed by atoms with Crippen molar-refractivity contribution in [2.45, 2.75) is 67.2 Å². The van der Waals surface area contributed by atoms with Crippen LogP contribution in [0, 0.1) is 22.7 Å². The Morgan fingerprint density at radius 3 is 2.00 bits per heavy atom. The van der Waals surface area contributed by atoms with E-state index in [0.29, 0.717) is 5.41 Å². The summed E-state index contributed by atoms with van der Waals surface area (Å²) in [7, 11) is 0. The van der Waals surface area contributed by atoms with Gasteiger partial charge in [-0.05, 0) is 32.1 Å². The van der Waals surface area contributed by atoms with E-state index in [2.05, 4.69) is 53.4 Å². The highest BCUT2D eigenvalue weighted by Gasteiger charge is 2.23. The average Bonchev–Trinajstić information content (AvgIpc) is 1.93. The fraction of sp³-hybridized carbons (Fsp3) is 0.857.